The molecule has 1 fully saturated rings. The number of hydrogen-bond acceptors (Lipinski definition) is 3. The summed E-state index contributed by atoms with van der Waals surface area (Å²) in [6.45, 7) is 5.15. The Morgan fingerprint density at radius 3 is 2.15 bits per heavy atom. The van der Waals surface area contributed by atoms with Crippen molar-refractivity contribution in [3.8, 4) is 0 Å². The maximum atomic E-state index is 12.1. The molecule has 0 aliphatic heterocycles. The van der Waals surface area contributed by atoms with Crippen LogP contribution < -0.4 is 5.32 Å². The minimum Gasteiger partial charge on any atom is -0.478 e. The second-order valence-electron chi connectivity index (χ2n) is 5.04. The molecule has 20 heavy (non-hydrogen) atoms. The van der Waals surface area contributed by atoms with Crippen molar-refractivity contribution in [1.29, 1.82) is 0 Å². The summed E-state index contributed by atoms with van der Waals surface area (Å²) in [5.74, 6) is -1.81. The van der Waals surface area contributed by atoms with E-state index in [0.717, 1.165) is 25.7 Å². The van der Waals surface area contributed by atoms with Crippen LogP contribution in [0.4, 0.5) is 4.79 Å². The highest BCUT2D eigenvalue weighted by Gasteiger charge is 2.27. The fourth-order valence-electron chi connectivity index (χ4n) is 2.38. The normalized spacial score (nSPS) is 16.6. The van der Waals surface area contributed by atoms with Gasteiger partial charge in [0, 0.05) is 23.7 Å². The molecule has 0 unspecified atom stereocenters. The van der Waals surface area contributed by atoms with Crippen molar-refractivity contribution < 1.29 is 19.5 Å². The Labute approximate surface area is 118 Å². The van der Waals surface area contributed by atoms with E-state index in [0.29, 0.717) is 6.54 Å². The number of rotatable bonds is 4. The lowest BCUT2D eigenvalue weighted by Gasteiger charge is -2.27. The molecule has 0 aromatic heterocycles. The molecule has 0 spiro atoms. The van der Waals surface area contributed by atoms with Gasteiger partial charge in [-0.1, -0.05) is 12.8 Å². The van der Waals surface area contributed by atoms with E-state index in [-0.39, 0.29) is 17.2 Å². The van der Waals surface area contributed by atoms with Gasteiger partial charge < -0.3 is 10.0 Å². The lowest BCUT2D eigenvalue weighted by molar-refractivity contribution is -0.133. The van der Waals surface area contributed by atoms with Gasteiger partial charge in [-0.15, -0.1) is 0 Å². The average Bonchev–Trinajstić information content (AvgIpc) is 2.91. The molecule has 0 bridgehead atoms. The van der Waals surface area contributed by atoms with Gasteiger partial charge in [0.25, 0.3) is 5.91 Å². The van der Waals surface area contributed by atoms with Gasteiger partial charge in [-0.3, -0.25) is 10.1 Å². The molecule has 0 aromatic rings. The number of aliphatic carboxylic acids is 1. The van der Waals surface area contributed by atoms with Gasteiger partial charge in [-0.05, 0) is 33.6 Å². The van der Waals surface area contributed by atoms with E-state index < -0.39 is 17.9 Å². The van der Waals surface area contributed by atoms with Crippen LogP contribution in [0, 0.1) is 0 Å². The molecule has 112 valence electrons. The minimum absolute atomic E-state index is 0.0494. The molecule has 1 aliphatic carbocycles. The van der Waals surface area contributed by atoms with Crippen molar-refractivity contribution in [2.45, 2.75) is 52.5 Å². The van der Waals surface area contributed by atoms with Crippen molar-refractivity contribution in [3.63, 3.8) is 0 Å². The summed E-state index contributed by atoms with van der Waals surface area (Å²) in [6.07, 6.45) is 4.11. The first-order chi connectivity index (χ1) is 9.38. The molecule has 0 atom stereocenters. The standard InChI is InChI=1S/C14H22N2O4/c1-4-16(11-7-5-6-8-11)14(20)15-12(17)9(2)10(3)13(18)19/h11H,4-8H2,1-3H3,(H,18,19)(H,15,17,20). The number of imide groups is 1. The summed E-state index contributed by atoms with van der Waals surface area (Å²) >= 11 is 0. The van der Waals surface area contributed by atoms with E-state index in [1.807, 2.05) is 6.92 Å². The van der Waals surface area contributed by atoms with Gasteiger partial charge in [0.15, 0.2) is 0 Å². The van der Waals surface area contributed by atoms with Crippen LogP contribution in [0.1, 0.15) is 46.5 Å². The Bertz CT molecular complexity index is 436. The summed E-state index contributed by atoms with van der Waals surface area (Å²) in [5.41, 5.74) is -0.00691. The molecular formula is C14H22N2O4. The Kier molecular flexibility index (Phi) is 5.73. The van der Waals surface area contributed by atoms with Crippen molar-refractivity contribution in [2.75, 3.05) is 6.54 Å². The number of amides is 3. The summed E-state index contributed by atoms with van der Waals surface area (Å²) in [6, 6.07) is -0.264. The molecule has 3 amide bonds. The third-order valence-corrected chi connectivity index (χ3v) is 3.81. The van der Waals surface area contributed by atoms with Gasteiger partial charge >= 0.3 is 12.0 Å². The number of carbonyl (C=O) groups excluding carboxylic acids is 2. The highest BCUT2D eigenvalue weighted by Crippen LogP contribution is 2.23. The Morgan fingerprint density at radius 1 is 1.15 bits per heavy atom. The third-order valence-electron chi connectivity index (χ3n) is 3.81. The van der Waals surface area contributed by atoms with E-state index in [4.69, 9.17) is 5.11 Å². The quantitative estimate of drug-likeness (QED) is 0.771. The van der Waals surface area contributed by atoms with Crippen LogP contribution in [-0.2, 0) is 9.59 Å². The summed E-state index contributed by atoms with van der Waals surface area (Å²) in [4.78, 5) is 36.4. The zero-order valence-corrected chi connectivity index (χ0v) is 12.2. The molecule has 0 saturated heterocycles. The summed E-state index contributed by atoms with van der Waals surface area (Å²) < 4.78 is 0. The molecule has 6 heteroatoms. The van der Waals surface area contributed by atoms with Crippen LogP contribution in [0.2, 0.25) is 0 Å². The summed E-state index contributed by atoms with van der Waals surface area (Å²) in [7, 11) is 0. The first-order valence-electron chi connectivity index (χ1n) is 6.91. The molecule has 0 radical (unpaired) electrons. The maximum Gasteiger partial charge on any atom is 0.331 e. The number of carboxylic acids is 1. The fourth-order valence-corrected chi connectivity index (χ4v) is 2.38. The smallest absolute Gasteiger partial charge is 0.331 e. The van der Waals surface area contributed by atoms with Crippen LogP contribution in [0.5, 0.6) is 0 Å². The Balaban J connectivity index is 2.71. The van der Waals surface area contributed by atoms with Crippen LogP contribution in [0.3, 0.4) is 0 Å². The first kappa shape index (κ1) is 16.2. The molecule has 6 nitrogen and oxygen atoms in total. The number of nitrogens with one attached hydrogen (secondary N) is 1. The zero-order chi connectivity index (χ0) is 15.3. The monoisotopic (exact) mass is 282 g/mol. The topological polar surface area (TPSA) is 86.7 Å². The minimum atomic E-state index is -1.16. The van der Waals surface area contributed by atoms with Gasteiger partial charge in [0.1, 0.15) is 0 Å². The average molecular weight is 282 g/mol. The van der Waals surface area contributed by atoms with Crippen LogP contribution in [-0.4, -0.2) is 40.5 Å². The molecule has 0 aromatic carbocycles. The molecular weight excluding hydrogens is 260 g/mol. The van der Waals surface area contributed by atoms with Crippen molar-refractivity contribution in [1.82, 2.24) is 10.2 Å². The van der Waals surface area contributed by atoms with E-state index in [1.54, 1.807) is 4.90 Å². The maximum absolute atomic E-state index is 12.1. The molecule has 1 saturated carbocycles. The van der Waals surface area contributed by atoms with Crippen LogP contribution in [0.15, 0.2) is 11.1 Å². The van der Waals surface area contributed by atoms with Gasteiger partial charge in [-0.2, -0.15) is 0 Å². The second-order valence-corrected chi connectivity index (χ2v) is 5.04. The van der Waals surface area contributed by atoms with E-state index >= 15 is 0 Å². The van der Waals surface area contributed by atoms with Crippen molar-refractivity contribution >= 4 is 17.9 Å². The van der Waals surface area contributed by atoms with Gasteiger partial charge in [0.05, 0.1) is 0 Å². The van der Waals surface area contributed by atoms with E-state index in [1.165, 1.54) is 13.8 Å². The fraction of sp³-hybridized carbons (Fsp3) is 0.643. The molecule has 1 aliphatic rings. The molecule has 0 heterocycles. The van der Waals surface area contributed by atoms with Crippen LogP contribution >= 0.6 is 0 Å². The second kappa shape index (κ2) is 7.07. The lowest BCUT2D eigenvalue weighted by Crippen LogP contribution is -2.47. The van der Waals surface area contributed by atoms with Crippen molar-refractivity contribution in [3.05, 3.63) is 11.1 Å². The first-order valence-corrected chi connectivity index (χ1v) is 6.91. The van der Waals surface area contributed by atoms with Gasteiger partial charge in [-0.25, -0.2) is 9.59 Å². The number of urea groups is 1. The predicted octanol–water partition coefficient (Wildman–Crippen LogP) is 1.91. The third kappa shape index (κ3) is 3.82. The Morgan fingerprint density at radius 2 is 1.70 bits per heavy atom. The Hall–Kier alpha value is -1.85. The zero-order valence-electron chi connectivity index (χ0n) is 12.2. The number of hydrogen-bond donors (Lipinski definition) is 2. The highest BCUT2D eigenvalue weighted by molar-refractivity contribution is 6.07. The van der Waals surface area contributed by atoms with Gasteiger partial charge in [0.2, 0.25) is 0 Å². The molecule has 1 rings (SSSR count). The largest absolute Gasteiger partial charge is 0.478 e. The van der Waals surface area contributed by atoms with E-state index in [2.05, 4.69) is 5.32 Å². The highest BCUT2D eigenvalue weighted by atomic mass is 16.4. The lowest BCUT2D eigenvalue weighted by atomic mass is 10.1. The number of carboxylic acid groups (broad SMARTS) is 1. The molecule has 2 N–H and O–H groups in total. The predicted molar refractivity (Wildman–Crippen MR) is 74.2 cm³/mol. The van der Waals surface area contributed by atoms with Crippen LogP contribution in [0.25, 0.3) is 0 Å². The SMILES string of the molecule is CCN(C(=O)NC(=O)C(C)=C(C)C(=O)O)C1CCCC1. The number of nitrogens with zero attached hydrogens (tertiary/aromatic N) is 1. The summed E-state index contributed by atoms with van der Waals surface area (Å²) in [5, 5.41) is 11.1. The van der Waals surface area contributed by atoms with Crippen molar-refractivity contribution in [2.24, 2.45) is 0 Å². The number of carbonyl (C=O) groups is 3. The van der Waals surface area contributed by atoms with E-state index in [9.17, 15) is 14.4 Å².